The first-order valence-electron chi connectivity index (χ1n) is 8.28. The van der Waals surface area contributed by atoms with Crippen LogP contribution in [0, 0.1) is 6.92 Å². The van der Waals surface area contributed by atoms with Gasteiger partial charge >= 0.3 is 0 Å². The minimum absolute atomic E-state index is 0. The van der Waals surface area contributed by atoms with Crippen molar-refractivity contribution >= 4 is 29.9 Å². The van der Waals surface area contributed by atoms with Crippen LogP contribution in [0.25, 0.3) is 0 Å². The average Bonchev–Trinajstić information content (AvgIpc) is 2.63. The standard InChI is InChI=1S/C19H26N4O2.HI/c1-14-7-6-10-21-18(14)13-23-19(20-3)22-12-15(2)25-17-9-5-8-16(11-17)24-4;/h5-11,15H,12-13H2,1-4H3,(H2,20,22,23);1H. The number of hydrogen-bond acceptors (Lipinski definition) is 4. The topological polar surface area (TPSA) is 67.8 Å². The van der Waals surface area contributed by atoms with Crippen LogP contribution in [0.4, 0.5) is 0 Å². The molecular weight excluding hydrogens is 443 g/mol. The Morgan fingerprint density at radius 2 is 1.96 bits per heavy atom. The van der Waals surface area contributed by atoms with Gasteiger partial charge in [-0.3, -0.25) is 9.98 Å². The normalized spacial score (nSPS) is 11.9. The summed E-state index contributed by atoms with van der Waals surface area (Å²) in [5.74, 6) is 2.27. The molecule has 1 atom stereocenters. The molecule has 0 bridgehead atoms. The molecule has 1 heterocycles. The van der Waals surface area contributed by atoms with Crippen molar-refractivity contribution < 1.29 is 9.47 Å². The molecule has 0 spiro atoms. The quantitative estimate of drug-likeness (QED) is 0.370. The predicted molar refractivity (Wildman–Crippen MR) is 116 cm³/mol. The molecule has 7 heteroatoms. The molecule has 1 aromatic heterocycles. The highest BCUT2D eigenvalue weighted by Crippen LogP contribution is 2.19. The van der Waals surface area contributed by atoms with Gasteiger partial charge in [0.25, 0.3) is 0 Å². The molecule has 0 saturated heterocycles. The van der Waals surface area contributed by atoms with Gasteiger partial charge < -0.3 is 20.1 Å². The Hall–Kier alpha value is -2.03. The summed E-state index contributed by atoms with van der Waals surface area (Å²) in [7, 11) is 3.39. The van der Waals surface area contributed by atoms with Crippen molar-refractivity contribution in [2.45, 2.75) is 26.5 Å². The summed E-state index contributed by atoms with van der Waals surface area (Å²) in [6.45, 7) is 5.29. The summed E-state index contributed by atoms with van der Waals surface area (Å²) < 4.78 is 11.1. The fourth-order valence-electron chi connectivity index (χ4n) is 2.28. The third-order valence-electron chi connectivity index (χ3n) is 3.70. The van der Waals surface area contributed by atoms with Gasteiger partial charge in [-0.2, -0.15) is 0 Å². The van der Waals surface area contributed by atoms with E-state index in [-0.39, 0.29) is 30.1 Å². The van der Waals surface area contributed by atoms with Gasteiger partial charge in [0, 0.05) is 19.3 Å². The molecule has 26 heavy (non-hydrogen) atoms. The second kappa shape index (κ2) is 11.6. The van der Waals surface area contributed by atoms with Gasteiger partial charge in [-0.15, -0.1) is 24.0 Å². The van der Waals surface area contributed by atoms with Gasteiger partial charge in [-0.25, -0.2) is 0 Å². The fourth-order valence-corrected chi connectivity index (χ4v) is 2.28. The van der Waals surface area contributed by atoms with Crippen molar-refractivity contribution in [3.63, 3.8) is 0 Å². The third kappa shape index (κ3) is 7.07. The maximum absolute atomic E-state index is 5.90. The van der Waals surface area contributed by atoms with E-state index < -0.39 is 0 Å². The lowest BCUT2D eigenvalue weighted by Gasteiger charge is -2.18. The summed E-state index contributed by atoms with van der Waals surface area (Å²) in [5.41, 5.74) is 2.16. The third-order valence-corrected chi connectivity index (χ3v) is 3.70. The molecule has 2 rings (SSSR count). The summed E-state index contributed by atoms with van der Waals surface area (Å²) in [6.07, 6.45) is 1.77. The monoisotopic (exact) mass is 470 g/mol. The van der Waals surface area contributed by atoms with E-state index in [9.17, 15) is 0 Å². The Bertz CT molecular complexity index is 709. The lowest BCUT2D eigenvalue weighted by molar-refractivity contribution is 0.223. The van der Waals surface area contributed by atoms with E-state index in [0.717, 1.165) is 22.8 Å². The first kappa shape index (κ1) is 22.0. The Morgan fingerprint density at radius 3 is 2.65 bits per heavy atom. The second-order valence-electron chi connectivity index (χ2n) is 5.68. The number of nitrogens with zero attached hydrogens (tertiary/aromatic N) is 2. The van der Waals surface area contributed by atoms with Gasteiger partial charge in [0.1, 0.15) is 17.6 Å². The molecule has 142 valence electrons. The molecule has 0 amide bonds. The van der Waals surface area contributed by atoms with Crippen molar-refractivity contribution in [2.75, 3.05) is 20.7 Å². The second-order valence-corrected chi connectivity index (χ2v) is 5.68. The van der Waals surface area contributed by atoms with Crippen LogP contribution in [0.1, 0.15) is 18.2 Å². The molecule has 1 unspecified atom stereocenters. The average molecular weight is 470 g/mol. The number of hydrogen-bond donors (Lipinski definition) is 2. The number of benzene rings is 1. The minimum atomic E-state index is -0.0257. The molecule has 0 fully saturated rings. The highest BCUT2D eigenvalue weighted by atomic mass is 127. The number of ether oxygens (including phenoxy) is 2. The number of aryl methyl sites for hydroxylation is 1. The number of pyridine rings is 1. The molecule has 6 nitrogen and oxygen atoms in total. The van der Waals surface area contributed by atoms with E-state index in [1.807, 2.05) is 50.2 Å². The number of aliphatic imine (C=N–C) groups is 1. The molecule has 0 saturated carbocycles. The summed E-state index contributed by atoms with van der Waals surface area (Å²) >= 11 is 0. The number of aromatic nitrogens is 1. The number of rotatable bonds is 7. The minimum Gasteiger partial charge on any atom is -0.497 e. The molecule has 0 aliphatic carbocycles. The Kier molecular flexibility index (Phi) is 9.79. The van der Waals surface area contributed by atoms with Gasteiger partial charge in [-0.1, -0.05) is 12.1 Å². The number of nitrogens with one attached hydrogen (secondary N) is 2. The van der Waals surface area contributed by atoms with Crippen molar-refractivity contribution in [3.8, 4) is 11.5 Å². The first-order valence-corrected chi connectivity index (χ1v) is 8.28. The van der Waals surface area contributed by atoms with Crippen LogP contribution in [0.3, 0.4) is 0 Å². The molecule has 2 N–H and O–H groups in total. The predicted octanol–water partition coefficient (Wildman–Crippen LogP) is 3.15. The zero-order valence-corrected chi connectivity index (χ0v) is 18.0. The van der Waals surface area contributed by atoms with Crippen molar-refractivity contribution in [2.24, 2.45) is 4.99 Å². The van der Waals surface area contributed by atoms with Crippen LogP contribution in [-0.2, 0) is 6.54 Å². The van der Waals surface area contributed by atoms with Crippen molar-refractivity contribution in [1.29, 1.82) is 0 Å². The zero-order valence-electron chi connectivity index (χ0n) is 15.7. The summed E-state index contributed by atoms with van der Waals surface area (Å²) in [5, 5.41) is 6.53. The van der Waals surface area contributed by atoms with Crippen LogP contribution in [0.15, 0.2) is 47.6 Å². The Labute approximate surface area is 172 Å². The maximum Gasteiger partial charge on any atom is 0.191 e. The zero-order chi connectivity index (χ0) is 18.1. The largest absolute Gasteiger partial charge is 0.497 e. The van der Waals surface area contributed by atoms with Crippen molar-refractivity contribution in [1.82, 2.24) is 15.6 Å². The van der Waals surface area contributed by atoms with E-state index in [4.69, 9.17) is 9.47 Å². The summed E-state index contributed by atoms with van der Waals surface area (Å²) in [4.78, 5) is 8.60. The molecule has 0 aliphatic heterocycles. The lowest BCUT2D eigenvalue weighted by Crippen LogP contribution is -2.41. The smallest absolute Gasteiger partial charge is 0.191 e. The highest BCUT2D eigenvalue weighted by Gasteiger charge is 2.07. The van der Waals surface area contributed by atoms with E-state index >= 15 is 0 Å². The molecule has 0 aliphatic rings. The SMILES string of the molecule is CN=C(NCc1ncccc1C)NCC(C)Oc1cccc(OC)c1.I. The van der Waals surface area contributed by atoms with Gasteiger partial charge in [0.2, 0.25) is 0 Å². The number of methoxy groups -OCH3 is 1. The van der Waals surface area contributed by atoms with Gasteiger partial charge in [0.05, 0.1) is 25.9 Å². The fraction of sp³-hybridized carbons (Fsp3) is 0.368. The molecule has 0 radical (unpaired) electrons. The van der Waals surface area contributed by atoms with E-state index in [0.29, 0.717) is 19.0 Å². The van der Waals surface area contributed by atoms with Gasteiger partial charge in [-0.05, 0) is 37.6 Å². The van der Waals surface area contributed by atoms with Crippen LogP contribution >= 0.6 is 24.0 Å². The molecule has 1 aromatic carbocycles. The maximum atomic E-state index is 5.90. The lowest BCUT2D eigenvalue weighted by atomic mass is 10.2. The molecular formula is C19H27IN4O2. The number of halogens is 1. The first-order chi connectivity index (χ1) is 12.1. The van der Waals surface area contributed by atoms with E-state index in [2.05, 4.69) is 20.6 Å². The van der Waals surface area contributed by atoms with Gasteiger partial charge in [0.15, 0.2) is 5.96 Å². The van der Waals surface area contributed by atoms with Crippen molar-refractivity contribution in [3.05, 3.63) is 53.9 Å². The number of guanidine groups is 1. The van der Waals surface area contributed by atoms with E-state index in [1.54, 1.807) is 20.4 Å². The molecule has 2 aromatic rings. The van der Waals surface area contributed by atoms with E-state index in [1.165, 1.54) is 0 Å². The van der Waals surface area contributed by atoms with Crippen LogP contribution < -0.4 is 20.1 Å². The van der Waals surface area contributed by atoms with Crippen LogP contribution in [-0.4, -0.2) is 37.7 Å². The van der Waals surface area contributed by atoms with Crippen LogP contribution in [0.5, 0.6) is 11.5 Å². The Morgan fingerprint density at radius 1 is 1.19 bits per heavy atom. The summed E-state index contributed by atoms with van der Waals surface area (Å²) in [6, 6.07) is 11.6. The van der Waals surface area contributed by atoms with Crippen LogP contribution in [0.2, 0.25) is 0 Å². The Balaban J connectivity index is 0.00000338. The highest BCUT2D eigenvalue weighted by molar-refractivity contribution is 14.0.